The molecule has 1 atom stereocenters. The van der Waals surface area contributed by atoms with Crippen molar-refractivity contribution in [2.24, 2.45) is 0 Å². The highest BCUT2D eigenvalue weighted by Crippen LogP contribution is 2.27. The molecule has 1 aromatic heterocycles. The van der Waals surface area contributed by atoms with Crippen LogP contribution in [0.2, 0.25) is 5.02 Å². The van der Waals surface area contributed by atoms with Crippen molar-refractivity contribution in [2.75, 3.05) is 6.54 Å². The Balaban J connectivity index is 2.44. The summed E-state index contributed by atoms with van der Waals surface area (Å²) in [4.78, 5) is 4.29. The normalized spacial score (nSPS) is 12.4. The number of hydrogen-bond acceptors (Lipinski definition) is 2. The van der Waals surface area contributed by atoms with Gasteiger partial charge in [0.2, 0.25) is 0 Å². The number of aryl methyl sites for hydroxylation is 1. The van der Waals surface area contributed by atoms with Crippen LogP contribution in [0.5, 0.6) is 0 Å². The van der Waals surface area contributed by atoms with Gasteiger partial charge in [0.25, 0.3) is 0 Å². The topological polar surface area (TPSA) is 24.9 Å². The average molecular weight is 293 g/mol. The van der Waals surface area contributed by atoms with Crippen LogP contribution in [0.4, 0.5) is 4.39 Å². The summed E-state index contributed by atoms with van der Waals surface area (Å²) in [6, 6.07) is 8.44. The minimum Gasteiger partial charge on any atom is -0.306 e. The lowest BCUT2D eigenvalue weighted by Crippen LogP contribution is -2.25. The molecule has 0 radical (unpaired) electrons. The Morgan fingerprint density at radius 1 is 1.30 bits per heavy atom. The molecule has 0 aliphatic carbocycles. The molecular weight excluding hydrogens is 275 g/mol. The summed E-state index contributed by atoms with van der Waals surface area (Å²) in [6.45, 7) is 4.82. The standard InChI is InChI=1S/C16H18ClFN2/c1-3-8-20-16(13-5-4-9-19-11(13)2)14-7-6-12(17)10-15(14)18/h4-7,9-10,16,20H,3,8H2,1-2H3. The zero-order chi connectivity index (χ0) is 14.5. The van der Waals surface area contributed by atoms with E-state index in [1.807, 2.05) is 19.1 Å². The fourth-order valence-electron chi connectivity index (χ4n) is 2.21. The number of nitrogens with zero attached hydrogens (tertiary/aromatic N) is 1. The molecule has 0 bridgehead atoms. The van der Waals surface area contributed by atoms with Crippen LogP contribution in [0.3, 0.4) is 0 Å². The molecule has 1 N–H and O–H groups in total. The molecule has 2 aromatic rings. The first-order valence-corrected chi connectivity index (χ1v) is 7.11. The number of benzene rings is 1. The highest BCUT2D eigenvalue weighted by Gasteiger charge is 2.19. The molecule has 0 spiro atoms. The highest BCUT2D eigenvalue weighted by molar-refractivity contribution is 6.30. The van der Waals surface area contributed by atoms with Crippen LogP contribution in [-0.2, 0) is 0 Å². The van der Waals surface area contributed by atoms with E-state index in [4.69, 9.17) is 11.6 Å². The smallest absolute Gasteiger partial charge is 0.129 e. The summed E-state index contributed by atoms with van der Waals surface area (Å²) >= 11 is 5.83. The molecule has 2 nitrogen and oxygen atoms in total. The van der Waals surface area contributed by atoms with Crippen molar-refractivity contribution < 1.29 is 4.39 Å². The van der Waals surface area contributed by atoms with Crippen LogP contribution in [0.25, 0.3) is 0 Å². The van der Waals surface area contributed by atoms with E-state index < -0.39 is 0 Å². The van der Waals surface area contributed by atoms with Crippen molar-refractivity contribution in [3.63, 3.8) is 0 Å². The van der Waals surface area contributed by atoms with Crippen LogP contribution >= 0.6 is 11.6 Å². The third-order valence-corrected chi connectivity index (χ3v) is 3.47. The van der Waals surface area contributed by atoms with E-state index in [2.05, 4.69) is 17.2 Å². The number of pyridine rings is 1. The monoisotopic (exact) mass is 292 g/mol. The Bertz CT molecular complexity index is 586. The fraction of sp³-hybridized carbons (Fsp3) is 0.312. The lowest BCUT2D eigenvalue weighted by Gasteiger charge is -2.21. The van der Waals surface area contributed by atoms with Crippen LogP contribution in [0.15, 0.2) is 36.5 Å². The quantitative estimate of drug-likeness (QED) is 0.890. The third kappa shape index (κ3) is 3.35. The van der Waals surface area contributed by atoms with Gasteiger partial charge in [-0.3, -0.25) is 4.98 Å². The van der Waals surface area contributed by atoms with Crippen molar-refractivity contribution in [3.8, 4) is 0 Å². The predicted molar refractivity (Wildman–Crippen MR) is 80.5 cm³/mol. The van der Waals surface area contributed by atoms with Gasteiger partial charge in [0.15, 0.2) is 0 Å². The molecule has 0 aliphatic rings. The Morgan fingerprint density at radius 2 is 2.10 bits per heavy atom. The van der Waals surface area contributed by atoms with E-state index >= 15 is 0 Å². The maximum Gasteiger partial charge on any atom is 0.129 e. The van der Waals surface area contributed by atoms with Gasteiger partial charge in [0.05, 0.1) is 6.04 Å². The SMILES string of the molecule is CCCNC(c1ccc(Cl)cc1F)c1cccnc1C. The molecule has 106 valence electrons. The molecule has 0 saturated heterocycles. The largest absolute Gasteiger partial charge is 0.306 e. The number of nitrogens with one attached hydrogen (secondary N) is 1. The number of halogens is 2. The van der Waals surface area contributed by atoms with Gasteiger partial charge in [-0.2, -0.15) is 0 Å². The zero-order valence-corrected chi connectivity index (χ0v) is 12.4. The first-order chi connectivity index (χ1) is 9.63. The van der Waals surface area contributed by atoms with Crippen LogP contribution in [-0.4, -0.2) is 11.5 Å². The summed E-state index contributed by atoms with van der Waals surface area (Å²) in [5.41, 5.74) is 2.48. The number of aromatic nitrogens is 1. The van der Waals surface area contributed by atoms with Gasteiger partial charge < -0.3 is 5.32 Å². The van der Waals surface area contributed by atoms with E-state index in [-0.39, 0.29) is 11.9 Å². The molecule has 2 rings (SSSR count). The first-order valence-electron chi connectivity index (χ1n) is 6.73. The van der Waals surface area contributed by atoms with Crippen LogP contribution in [0, 0.1) is 12.7 Å². The second-order valence-corrected chi connectivity index (χ2v) is 5.17. The maximum absolute atomic E-state index is 14.2. The maximum atomic E-state index is 14.2. The van der Waals surface area contributed by atoms with Gasteiger partial charge in [-0.1, -0.05) is 30.7 Å². The Hall–Kier alpha value is -1.45. The second kappa shape index (κ2) is 6.82. The van der Waals surface area contributed by atoms with E-state index in [1.165, 1.54) is 6.07 Å². The zero-order valence-electron chi connectivity index (χ0n) is 11.7. The summed E-state index contributed by atoms with van der Waals surface area (Å²) in [5.74, 6) is -0.297. The van der Waals surface area contributed by atoms with E-state index in [9.17, 15) is 4.39 Å². The van der Waals surface area contributed by atoms with Crippen molar-refractivity contribution in [1.29, 1.82) is 0 Å². The van der Waals surface area contributed by atoms with Crippen molar-refractivity contribution in [2.45, 2.75) is 26.3 Å². The molecule has 0 aliphatic heterocycles. The minimum absolute atomic E-state index is 0.207. The number of hydrogen-bond donors (Lipinski definition) is 1. The third-order valence-electron chi connectivity index (χ3n) is 3.23. The van der Waals surface area contributed by atoms with E-state index in [0.717, 1.165) is 24.2 Å². The fourth-order valence-corrected chi connectivity index (χ4v) is 2.37. The van der Waals surface area contributed by atoms with Crippen molar-refractivity contribution in [3.05, 3.63) is 64.2 Å². The van der Waals surface area contributed by atoms with Gasteiger partial charge in [-0.25, -0.2) is 4.39 Å². The lowest BCUT2D eigenvalue weighted by molar-refractivity contribution is 0.544. The minimum atomic E-state index is -0.297. The second-order valence-electron chi connectivity index (χ2n) is 4.73. The van der Waals surface area contributed by atoms with Gasteiger partial charge in [-0.05, 0) is 43.7 Å². The van der Waals surface area contributed by atoms with Gasteiger partial charge >= 0.3 is 0 Å². The molecule has 0 fully saturated rings. The molecule has 1 unspecified atom stereocenters. The summed E-state index contributed by atoms with van der Waals surface area (Å²) in [7, 11) is 0. The molecule has 20 heavy (non-hydrogen) atoms. The number of rotatable bonds is 5. The molecule has 0 saturated carbocycles. The van der Waals surface area contributed by atoms with E-state index in [1.54, 1.807) is 18.3 Å². The molecular formula is C16H18ClFN2. The summed E-state index contributed by atoms with van der Waals surface area (Å²) < 4.78 is 14.2. The van der Waals surface area contributed by atoms with Crippen molar-refractivity contribution in [1.82, 2.24) is 10.3 Å². The Kier molecular flexibility index (Phi) is 5.10. The summed E-state index contributed by atoms with van der Waals surface area (Å²) in [5, 5.41) is 3.79. The van der Waals surface area contributed by atoms with Gasteiger partial charge in [-0.15, -0.1) is 0 Å². The van der Waals surface area contributed by atoms with Crippen LogP contribution < -0.4 is 5.32 Å². The van der Waals surface area contributed by atoms with Gasteiger partial charge in [0, 0.05) is 22.5 Å². The van der Waals surface area contributed by atoms with E-state index in [0.29, 0.717) is 10.6 Å². The Morgan fingerprint density at radius 3 is 2.75 bits per heavy atom. The molecule has 1 aromatic carbocycles. The first kappa shape index (κ1) is 14.9. The molecule has 1 heterocycles. The average Bonchev–Trinajstić information content (AvgIpc) is 2.42. The molecule has 4 heteroatoms. The van der Waals surface area contributed by atoms with Crippen LogP contribution in [0.1, 0.15) is 36.2 Å². The predicted octanol–water partition coefficient (Wildman–Crippen LogP) is 4.27. The van der Waals surface area contributed by atoms with Crippen molar-refractivity contribution >= 4 is 11.6 Å². The Labute approximate surface area is 124 Å². The molecule has 0 amide bonds. The lowest BCUT2D eigenvalue weighted by atomic mass is 9.97. The highest BCUT2D eigenvalue weighted by atomic mass is 35.5. The van der Waals surface area contributed by atoms with Gasteiger partial charge in [0.1, 0.15) is 5.82 Å². The summed E-state index contributed by atoms with van der Waals surface area (Å²) in [6.07, 6.45) is 2.72.